The van der Waals surface area contributed by atoms with Crippen molar-refractivity contribution in [1.29, 1.82) is 0 Å². The van der Waals surface area contributed by atoms with Gasteiger partial charge in [0.25, 0.3) is 5.88 Å². The summed E-state index contributed by atoms with van der Waals surface area (Å²) >= 11 is 0. The first-order chi connectivity index (χ1) is 8.54. The van der Waals surface area contributed by atoms with E-state index < -0.39 is 12.6 Å². The Morgan fingerprint density at radius 3 is 2.72 bits per heavy atom. The number of hydrogen-bond donors (Lipinski definition) is 1. The SMILES string of the molecule is CCCN(CC(=O)O)c1nccnc1OC(F)F. The quantitative estimate of drug-likeness (QED) is 0.799. The zero-order valence-corrected chi connectivity index (χ0v) is 9.71. The predicted molar refractivity (Wildman–Crippen MR) is 58.8 cm³/mol. The summed E-state index contributed by atoms with van der Waals surface area (Å²) in [6, 6.07) is 0. The van der Waals surface area contributed by atoms with Gasteiger partial charge in [0.2, 0.25) is 0 Å². The van der Waals surface area contributed by atoms with Crippen LogP contribution >= 0.6 is 0 Å². The van der Waals surface area contributed by atoms with Crippen LogP contribution in [0.2, 0.25) is 0 Å². The van der Waals surface area contributed by atoms with E-state index in [1.165, 1.54) is 17.3 Å². The molecule has 0 bridgehead atoms. The van der Waals surface area contributed by atoms with Crippen LogP contribution in [0.5, 0.6) is 5.88 Å². The van der Waals surface area contributed by atoms with E-state index in [0.717, 1.165) is 0 Å². The minimum atomic E-state index is -3.03. The molecule has 0 atom stereocenters. The second-order valence-electron chi connectivity index (χ2n) is 3.38. The van der Waals surface area contributed by atoms with E-state index in [1.807, 2.05) is 6.92 Å². The third-order valence-electron chi connectivity index (χ3n) is 1.97. The lowest BCUT2D eigenvalue weighted by atomic mass is 10.4. The molecule has 100 valence electrons. The summed E-state index contributed by atoms with van der Waals surface area (Å²) in [7, 11) is 0. The Bertz CT molecular complexity index is 404. The first-order valence-electron chi connectivity index (χ1n) is 5.27. The van der Waals surface area contributed by atoms with Gasteiger partial charge in [0.15, 0.2) is 5.82 Å². The number of hydrogen-bond acceptors (Lipinski definition) is 5. The lowest BCUT2D eigenvalue weighted by Crippen LogP contribution is -2.31. The van der Waals surface area contributed by atoms with Crippen molar-refractivity contribution in [3.63, 3.8) is 0 Å². The van der Waals surface area contributed by atoms with Crippen molar-refractivity contribution in [3.8, 4) is 5.88 Å². The smallest absolute Gasteiger partial charge is 0.388 e. The van der Waals surface area contributed by atoms with Crippen LogP contribution in [0.1, 0.15) is 13.3 Å². The molecule has 0 saturated carbocycles. The number of carboxylic acid groups (broad SMARTS) is 1. The number of aliphatic carboxylic acids is 1. The zero-order chi connectivity index (χ0) is 13.5. The highest BCUT2D eigenvalue weighted by atomic mass is 19.3. The molecule has 8 heteroatoms. The van der Waals surface area contributed by atoms with Crippen molar-refractivity contribution in [2.75, 3.05) is 18.0 Å². The highest BCUT2D eigenvalue weighted by molar-refractivity contribution is 5.73. The lowest BCUT2D eigenvalue weighted by molar-refractivity contribution is -0.135. The third-order valence-corrected chi connectivity index (χ3v) is 1.97. The fourth-order valence-corrected chi connectivity index (χ4v) is 1.40. The fraction of sp³-hybridized carbons (Fsp3) is 0.500. The summed E-state index contributed by atoms with van der Waals surface area (Å²) in [5, 5.41) is 8.77. The standard InChI is InChI=1S/C10H13F2N3O3/c1-2-5-15(6-7(16)17)8-9(18-10(11)12)14-4-3-13-8/h3-4,10H,2,5-6H2,1H3,(H,16,17). The first kappa shape index (κ1) is 14.1. The van der Waals surface area contributed by atoms with Crippen molar-refractivity contribution < 1.29 is 23.4 Å². The molecule has 0 radical (unpaired) electrons. The molecular formula is C10H13F2N3O3. The number of carboxylic acids is 1. The molecule has 1 aromatic rings. The zero-order valence-electron chi connectivity index (χ0n) is 9.71. The minimum Gasteiger partial charge on any atom is -0.480 e. The van der Waals surface area contributed by atoms with Gasteiger partial charge in [-0.25, -0.2) is 9.97 Å². The Morgan fingerprint density at radius 1 is 1.50 bits per heavy atom. The molecule has 0 aliphatic heterocycles. The summed E-state index contributed by atoms with van der Waals surface area (Å²) in [6.45, 7) is -1.20. The molecule has 0 saturated heterocycles. The maximum atomic E-state index is 12.2. The monoisotopic (exact) mass is 261 g/mol. The van der Waals surface area contributed by atoms with Crippen molar-refractivity contribution in [1.82, 2.24) is 9.97 Å². The summed E-state index contributed by atoms with van der Waals surface area (Å²) in [6.07, 6.45) is 3.13. The molecule has 0 unspecified atom stereocenters. The van der Waals surface area contributed by atoms with Crippen LogP contribution in [-0.2, 0) is 4.79 Å². The Morgan fingerprint density at radius 2 is 2.17 bits per heavy atom. The molecule has 0 aromatic carbocycles. The molecule has 18 heavy (non-hydrogen) atoms. The van der Waals surface area contributed by atoms with Gasteiger partial charge in [-0.15, -0.1) is 0 Å². The van der Waals surface area contributed by atoms with Crippen molar-refractivity contribution in [2.45, 2.75) is 20.0 Å². The molecule has 0 spiro atoms. The second kappa shape index (κ2) is 6.67. The third kappa shape index (κ3) is 4.11. The number of nitrogens with zero attached hydrogens (tertiary/aromatic N) is 3. The number of rotatable bonds is 7. The first-order valence-corrected chi connectivity index (χ1v) is 5.27. The Kier molecular flexibility index (Phi) is 5.22. The molecule has 6 nitrogen and oxygen atoms in total. The topological polar surface area (TPSA) is 75.6 Å². The van der Waals surface area contributed by atoms with Crippen LogP contribution in [0.3, 0.4) is 0 Å². The Labute approximate surface area is 102 Å². The average Bonchev–Trinajstić information content (AvgIpc) is 2.28. The molecule has 1 rings (SSSR count). The molecule has 1 heterocycles. The summed E-state index contributed by atoms with van der Waals surface area (Å²) in [5.74, 6) is -1.46. The van der Waals surface area contributed by atoms with Crippen molar-refractivity contribution in [3.05, 3.63) is 12.4 Å². The van der Waals surface area contributed by atoms with E-state index in [4.69, 9.17) is 5.11 Å². The predicted octanol–water partition coefficient (Wildman–Crippen LogP) is 1.38. The van der Waals surface area contributed by atoms with E-state index in [2.05, 4.69) is 14.7 Å². The molecule has 0 amide bonds. The Hall–Kier alpha value is -1.99. The van der Waals surface area contributed by atoms with Gasteiger partial charge in [-0.2, -0.15) is 8.78 Å². The van der Waals surface area contributed by atoms with E-state index in [1.54, 1.807) is 0 Å². The van der Waals surface area contributed by atoms with Crippen LogP contribution in [0.4, 0.5) is 14.6 Å². The molecule has 0 aliphatic rings. The molecular weight excluding hydrogens is 248 g/mol. The van der Waals surface area contributed by atoms with E-state index in [-0.39, 0.29) is 18.2 Å². The molecule has 1 aromatic heterocycles. The van der Waals surface area contributed by atoms with Gasteiger partial charge in [0, 0.05) is 18.9 Å². The normalized spacial score (nSPS) is 10.4. The number of aromatic nitrogens is 2. The summed E-state index contributed by atoms with van der Waals surface area (Å²) in [4.78, 5) is 19.5. The number of halogens is 2. The van der Waals surface area contributed by atoms with Crippen LogP contribution in [0, 0.1) is 0 Å². The lowest BCUT2D eigenvalue weighted by Gasteiger charge is -2.22. The fourth-order valence-electron chi connectivity index (χ4n) is 1.40. The highest BCUT2D eigenvalue weighted by Gasteiger charge is 2.19. The van der Waals surface area contributed by atoms with Crippen molar-refractivity contribution >= 4 is 11.8 Å². The van der Waals surface area contributed by atoms with Gasteiger partial charge in [0.05, 0.1) is 0 Å². The van der Waals surface area contributed by atoms with Gasteiger partial charge in [-0.1, -0.05) is 6.92 Å². The minimum absolute atomic E-state index is 0.00190. The van der Waals surface area contributed by atoms with Crippen molar-refractivity contribution in [2.24, 2.45) is 0 Å². The van der Waals surface area contributed by atoms with Crippen LogP contribution in [0.15, 0.2) is 12.4 Å². The number of alkyl halides is 2. The maximum Gasteiger partial charge on any atom is 0.388 e. The average molecular weight is 261 g/mol. The summed E-state index contributed by atoms with van der Waals surface area (Å²) < 4.78 is 28.6. The van der Waals surface area contributed by atoms with E-state index in [9.17, 15) is 13.6 Å². The van der Waals surface area contributed by atoms with Crippen LogP contribution in [-0.4, -0.2) is 40.7 Å². The number of carbonyl (C=O) groups is 1. The number of ether oxygens (including phenoxy) is 1. The highest BCUT2D eigenvalue weighted by Crippen LogP contribution is 2.24. The second-order valence-corrected chi connectivity index (χ2v) is 3.38. The van der Waals surface area contributed by atoms with E-state index >= 15 is 0 Å². The largest absolute Gasteiger partial charge is 0.480 e. The molecule has 0 fully saturated rings. The van der Waals surface area contributed by atoms with Gasteiger partial charge in [0.1, 0.15) is 6.54 Å². The van der Waals surface area contributed by atoms with Gasteiger partial charge in [-0.3, -0.25) is 4.79 Å². The van der Waals surface area contributed by atoms with Crippen LogP contribution < -0.4 is 9.64 Å². The Balaban J connectivity index is 2.98. The molecule has 1 N–H and O–H groups in total. The van der Waals surface area contributed by atoms with Crippen LogP contribution in [0.25, 0.3) is 0 Å². The maximum absolute atomic E-state index is 12.2. The van der Waals surface area contributed by atoms with Gasteiger partial charge >= 0.3 is 12.6 Å². The molecule has 0 aliphatic carbocycles. The van der Waals surface area contributed by atoms with E-state index in [0.29, 0.717) is 13.0 Å². The number of anilines is 1. The summed E-state index contributed by atoms with van der Waals surface area (Å²) in [5.41, 5.74) is 0. The van der Waals surface area contributed by atoms with Gasteiger partial charge in [-0.05, 0) is 6.42 Å². The van der Waals surface area contributed by atoms with Gasteiger partial charge < -0.3 is 14.7 Å².